The smallest absolute Gasteiger partial charge is 0.0952 e. The Hall–Kier alpha value is -1.42. The SMILES string of the molecule is Cc1csc(C(O)Cc2ccc3ccccc3n2)c1Cl. The first-order valence-corrected chi connectivity index (χ1v) is 7.67. The maximum absolute atomic E-state index is 10.3. The molecule has 3 aromatic rings. The van der Waals surface area contributed by atoms with Gasteiger partial charge in [0.25, 0.3) is 0 Å². The van der Waals surface area contributed by atoms with Gasteiger partial charge in [0.2, 0.25) is 0 Å². The van der Waals surface area contributed by atoms with Gasteiger partial charge in [-0.05, 0) is 30.0 Å². The Labute approximate surface area is 126 Å². The number of pyridine rings is 1. The number of nitrogens with zero attached hydrogens (tertiary/aromatic N) is 1. The fourth-order valence-corrected chi connectivity index (χ4v) is 3.49. The molecule has 2 aromatic heterocycles. The Kier molecular flexibility index (Phi) is 3.74. The van der Waals surface area contributed by atoms with E-state index in [0.717, 1.165) is 27.0 Å². The second kappa shape index (κ2) is 5.52. The number of hydrogen-bond acceptors (Lipinski definition) is 3. The number of hydrogen-bond donors (Lipinski definition) is 1. The second-order valence-electron chi connectivity index (χ2n) is 4.81. The summed E-state index contributed by atoms with van der Waals surface area (Å²) < 4.78 is 0. The average molecular weight is 304 g/mol. The minimum Gasteiger partial charge on any atom is -0.387 e. The van der Waals surface area contributed by atoms with Crippen molar-refractivity contribution in [3.8, 4) is 0 Å². The molecule has 20 heavy (non-hydrogen) atoms. The van der Waals surface area contributed by atoms with Gasteiger partial charge in [-0.2, -0.15) is 0 Å². The quantitative estimate of drug-likeness (QED) is 0.771. The normalized spacial score (nSPS) is 12.8. The van der Waals surface area contributed by atoms with E-state index in [9.17, 15) is 5.11 Å². The van der Waals surface area contributed by atoms with E-state index in [1.54, 1.807) is 0 Å². The first-order chi connectivity index (χ1) is 9.65. The lowest BCUT2D eigenvalue weighted by molar-refractivity contribution is 0.181. The van der Waals surface area contributed by atoms with Crippen molar-refractivity contribution < 1.29 is 5.11 Å². The van der Waals surface area contributed by atoms with E-state index in [0.29, 0.717) is 11.4 Å². The van der Waals surface area contributed by atoms with Crippen LogP contribution in [0.4, 0.5) is 0 Å². The largest absolute Gasteiger partial charge is 0.387 e. The van der Waals surface area contributed by atoms with Crippen molar-refractivity contribution in [3.63, 3.8) is 0 Å². The predicted molar refractivity (Wildman–Crippen MR) is 84.5 cm³/mol. The number of halogens is 1. The van der Waals surface area contributed by atoms with Crippen LogP contribution in [0, 0.1) is 6.92 Å². The molecule has 0 radical (unpaired) electrons. The Morgan fingerprint density at radius 3 is 2.80 bits per heavy atom. The zero-order chi connectivity index (χ0) is 14.1. The average Bonchev–Trinajstić information content (AvgIpc) is 2.79. The summed E-state index contributed by atoms with van der Waals surface area (Å²) in [5.41, 5.74) is 2.83. The molecular weight excluding hydrogens is 290 g/mol. The van der Waals surface area contributed by atoms with E-state index in [2.05, 4.69) is 4.98 Å². The Morgan fingerprint density at radius 2 is 2.05 bits per heavy atom. The molecule has 0 aliphatic heterocycles. The van der Waals surface area contributed by atoms with E-state index in [-0.39, 0.29) is 0 Å². The summed E-state index contributed by atoms with van der Waals surface area (Å²) in [6, 6.07) is 12.0. The molecule has 1 unspecified atom stereocenters. The Balaban J connectivity index is 1.87. The highest BCUT2D eigenvalue weighted by Crippen LogP contribution is 2.33. The third-order valence-corrected chi connectivity index (χ3v) is 5.10. The Morgan fingerprint density at radius 1 is 1.25 bits per heavy atom. The van der Waals surface area contributed by atoms with Crippen molar-refractivity contribution in [1.29, 1.82) is 0 Å². The van der Waals surface area contributed by atoms with Crippen molar-refractivity contribution in [3.05, 3.63) is 62.9 Å². The number of aryl methyl sites for hydroxylation is 1. The number of aliphatic hydroxyl groups is 1. The topological polar surface area (TPSA) is 33.1 Å². The van der Waals surface area contributed by atoms with Gasteiger partial charge in [0, 0.05) is 17.5 Å². The van der Waals surface area contributed by atoms with Gasteiger partial charge in [0.1, 0.15) is 0 Å². The third-order valence-electron chi connectivity index (χ3n) is 3.29. The van der Waals surface area contributed by atoms with E-state index in [4.69, 9.17) is 11.6 Å². The highest BCUT2D eigenvalue weighted by molar-refractivity contribution is 7.10. The molecule has 0 aliphatic carbocycles. The summed E-state index contributed by atoms with van der Waals surface area (Å²) >= 11 is 7.69. The maximum atomic E-state index is 10.3. The highest BCUT2D eigenvalue weighted by atomic mass is 35.5. The van der Waals surface area contributed by atoms with Crippen LogP contribution in [0.3, 0.4) is 0 Å². The molecule has 0 bridgehead atoms. The summed E-state index contributed by atoms with van der Waals surface area (Å²) in [6.07, 6.45) is -0.125. The maximum Gasteiger partial charge on any atom is 0.0952 e. The molecule has 0 aliphatic rings. The summed E-state index contributed by atoms with van der Waals surface area (Å²) in [4.78, 5) is 5.40. The van der Waals surface area contributed by atoms with E-state index in [1.165, 1.54) is 11.3 Å². The number of para-hydroxylation sites is 1. The van der Waals surface area contributed by atoms with Gasteiger partial charge in [-0.1, -0.05) is 35.9 Å². The Bertz CT molecular complexity index is 753. The molecule has 0 saturated carbocycles. The van der Waals surface area contributed by atoms with Crippen LogP contribution in [0.5, 0.6) is 0 Å². The van der Waals surface area contributed by atoms with E-state index in [1.807, 2.05) is 48.7 Å². The fourth-order valence-electron chi connectivity index (χ4n) is 2.19. The molecule has 1 N–H and O–H groups in total. The van der Waals surface area contributed by atoms with E-state index >= 15 is 0 Å². The molecule has 0 saturated heterocycles. The van der Waals surface area contributed by atoms with E-state index < -0.39 is 6.10 Å². The highest BCUT2D eigenvalue weighted by Gasteiger charge is 2.16. The van der Waals surface area contributed by atoms with Gasteiger partial charge in [-0.25, -0.2) is 0 Å². The standard InChI is InChI=1S/C16H14ClNOS/c1-10-9-20-16(15(10)17)14(19)8-12-7-6-11-4-2-3-5-13(11)18-12/h2-7,9,14,19H,8H2,1H3. The van der Waals surface area contributed by atoms with Crippen molar-refractivity contribution >= 4 is 33.8 Å². The number of aromatic nitrogens is 1. The number of fused-ring (bicyclic) bond motifs is 1. The van der Waals surface area contributed by atoms with Crippen molar-refractivity contribution in [1.82, 2.24) is 4.98 Å². The first kappa shape index (κ1) is 13.6. The molecule has 102 valence electrons. The number of benzene rings is 1. The zero-order valence-electron chi connectivity index (χ0n) is 11.0. The van der Waals surface area contributed by atoms with Crippen LogP contribution in [-0.2, 0) is 6.42 Å². The lowest BCUT2D eigenvalue weighted by Crippen LogP contribution is -2.02. The van der Waals surface area contributed by atoms with Gasteiger partial charge >= 0.3 is 0 Å². The van der Waals surface area contributed by atoms with Crippen LogP contribution in [0.2, 0.25) is 5.02 Å². The summed E-state index contributed by atoms with van der Waals surface area (Å²) in [7, 11) is 0. The van der Waals surface area contributed by atoms with Crippen molar-refractivity contribution in [2.24, 2.45) is 0 Å². The van der Waals surface area contributed by atoms with Gasteiger partial charge in [0.15, 0.2) is 0 Å². The molecule has 2 heterocycles. The molecular formula is C16H14ClNOS. The molecule has 0 fully saturated rings. The predicted octanol–water partition coefficient (Wildman–Crippen LogP) is 4.53. The minimum atomic E-state index is -0.602. The fraction of sp³-hybridized carbons (Fsp3) is 0.188. The number of rotatable bonds is 3. The lowest BCUT2D eigenvalue weighted by Gasteiger charge is -2.09. The summed E-state index contributed by atoms with van der Waals surface area (Å²) in [6.45, 7) is 1.95. The van der Waals surface area contributed by atoms with Crippen LogP contribution in [-0.4, -0.2) is 10.1 Å². The number of aliphatic hydroxyl groups excluding tert-OH is 1. The molecule has 1 atom stereocenters. The van der Waals surface area contributed by atoms with Gasteiger partial charge in [-0.15, -0.1) is 11.3 Å². The lowest BCUT2D eigenvalue weighted by atomic mass is 10.1. The molecule has 0 spiro atoms. The van der Waals surface area contributed by atoms with Crippen LogP contribution in [0.15, 0.2) is 41.8 Å². The van der Waals surface area contributed by atoms with Gasteiger partial charge in [-0.3, -0.25) is 4.98 Å². The minimum absolute atomic E-state index is 0.477. The molecule has 2 nitrogen and oxygen atoms in total. The van der Waals surface area contributed by atoms with Crippen LogP contribution >= 0.6 is 22.9 Å². The molecule has 4 heteroatoms. The second-order valence-corrected chi connectivity index (χ2v) is 6.10. The third kappa shape index (κ3) is 2.57. The molecule has 3 rings (SSSR count). The van der Waals surface area contributed by atoms with Crippen molar-refractivity contribution in [2.45, 2.75) is 19.4 Å². The molecule has 0 amide bonds. The van der Waals surface area contributed by atoms with Gasteiger partial charge < -0.3 is 5.11 Å². The summed E-state index contributed by atoms with van der Waals surface area (Å²) in [5, 5.41) is 14.1. The van der Waals surface area contributed by atoms with Gasteiger partial charge in [0.05, 0.1) is 21.5 Å². The van der Waals surface area contributed by atoms with Crippen LogP contribution in [0.25, 0.3) is 10.9 Å². The molecule has 1 aromatic carbocycles. The number of thiophene rings is 1. The van der Waals surface area contributed by atoms with Crippen LogP contribution in [0.1, 0.15) is 22.2 Å². The first-order valence-electron chi connectivity index (χ1n) is 6.41. The van der Waals surface area contributed by atoms with Crippen LogP contribution < -0.4 is 0 Å². The monoisotopic (exact) mass is 303 g/mol. The zero-order valence-corrected chi connectivity index (χ0v) is 12.6. The summed E-state index contributed by atoms with van der Waals surface area (Å²) in [5.74, 6) is 0. The van der Waals surface area contributed by atoms with Crippen molar-refractivity contribution in [2.75, 3.05) is 0 Å².